The van der Waals surface area contributed by atoms with Gasteiger partial charge in [0.05, 0.1) is 13.2 Å². The molecule has 0 spiro atoms. The molecule has 0 aromatic heterocycles. The summed E-state index contributed by atoms with van der Waals surface area (Å²) in [5.74, 6) is 0. The highest BCUT2D eigenvalue weighted by atomic mass is 16.6. The molecule has 0 radical (unpaired) electrons. The van der Waals surface area contributed by atoms with Crippen LogP contribution >= 0.6 is 0 Å². The van der Waals surface area contributed by atoms with Crippen molar-refractivity contribution in [2.75, 3.05) is 13.2 Å². The summed E-state index contributed by atoms with van der Waals surface area (Å²) in [6.07, 6.45) is 5.39. The van der Waals surface area contributed by atoms with Crippen LogP contribution in [0.15, 0.2) is 98.6 Å². The minimum Gasteiger partial charge on any atom is -0.377 e. The Bertz CT molecular complexity index is 534. The maximum Gasteiger partial charge on any atom is 0.0701 e. The Labute approximate surface area is 147 Å². The third-order valence-corrected chi connectivity index (χ3v) is 2.62. The van der Waals surface area contributed by atoms with Crippen LogP contribution in [0.2, 0.25) is 0 Å². The molecule has 0 amide bonds. The van der Waals surface area contributed by atoms with Crippen LogP contribution in [0.5, 0.6) is 0 Å². The van der Waals surface area contributed by atoms with E-state index in [1.165, 1.54) is 11.1 Å². The molecule has 0 saturated carbocycles. The molecule has 1 aliphatic rings. The molecular weight excluding hydrogens is 292 g/mol. The van der Waals surface area contributed by atoms with Crippen molar-refractivity contribution in [3.05, 3.63) is 110 Å². The van der Waals surface area contributed by atoms with Crippen LogP contribution in [-0.4, -0.2) is 13.2 Å². The van der Waals surface area contributed by atoms with Crippen molar-refractivity contribution < 1.29 is 4.74 Å². The fraction of sp³-hybridized carbons (Fsp3) is 0.130. The highest BCUT2D eigenvalue weighted by Gasteiger charge is 1.94. The predicted octanol–water partition coefficient (Wildman–Crippen LogP) is 6.42. The predicted molar refractivity (Wildman–Crippen MR) is 109 cm³/mol. The summed E-state index contributed by atoms with van der Waals surface area (Å²) in [7, 11) is 0. The number of allylic oxidation sites excluding steroid dienone is 2. The number of benzene rings is 2. The number of epoxide rings is 1. The van der Waals surface area contributed by atoms with E-state index in [1.807, 2.05) is 79.7 Å². The molecule has 1 fully saturated rings. The molecule has 3 rings (SSSR count). The maximum absolute atomic E-state index is 4.50. The van der Waals surface area contributed by atoms with E-state index in [0.29, 0.717) is 0 Å². The second kappa shape index (κ2) is 15.3. The van der Waals surface area contributed by atoms with Crippen LogP contribution < -0.4 is 0 Å². The van der Waals surface area contributed by atoms with Gasteiger partial charge in [0.25, 0.3) is 0 Å². The summed E-state index contributed by atoms with van der Waals surface area (Å²) in [4.78, 5) is 0. The lowest BCUT2D eigenvalue weighted by Crippen LogP contribution is -1.63. The van der Waals surface area contributed by atoms with E-state index >= 15 is 0 Å². The Morgan fingerprint density at radius 1 is 0.792 bits per heavy atom. The van der Waals surface area contributed by atoms with E-state index in [-0.39, 0.29) is 0 Å². The summed E-state index contributed by atoms with van der Waals surface area (Å²) in [6, 6.07) is 20.1. The van der Waals surface area contributed by atoms with Crippen LogP contribution in [0.4, 0.5) is 0 Å². The van der Waals surface area contributed by atoms with Gasteiger partial charge in [-0.3, -0.25) is 0 Å². The van der Waals surface area contributed by atoms with Crippen LogP contribution in [0.1, 0.15) is 18.1 Å². The normalized spacial score (nSPS) is 10.0. The molecule has 2 aromatic carbocycles. The minimum atomic E-state index is 1.00. The molecule has 0 aliphatic carbocycles. The lowest BCUT2D eigenvalue weighted by molar-refractivity contribution is 0.475. The number of hydrogen-bond acceptors (Lipinski definition) is 1. The molecule has 0 atom stereocenters. The largest absolute Gasteiger partial charge is 0.377 e. The van der Waals surface area contributed by atoms with Crippen LogP contribution in [0, 0.1) is 0 Å². The van der Waals surface area contributed by atoms with E-state index in [4.69, 9.17) is 0 Å². The van der Waals surface area contributed by atoms with Gasteiger partial charge in [-0.2, -0.15) is 0 Å². The molecule has 1 nitrogen and oxygen atoms in total. The standard InChI is InChI=1S/2C8H8.C5H8.C2H4O/c2*1-2-8-6-4-3-5-7-8;1-4-5(2)3;1-2-3-1/h2*2-7H,1H2;4H,1-2H2,3H3;1-2H2. The van der Waals surface area contributed by atoms with E-state index in [1.54, 1.807) is 6.08 Å². The quantitative estimate of drug-likeness (QED) is 0.469. The van der Waals surface area contributed by atoms with Gasteiger partial charge >= 0.3 is 0 Å². The van der Waals surface area contributed by atoms with Gasteiger partial charge in [-0.15, -0.1) is 0 Å². The molecule has 2 aromatic rings. The van der Waals surface area contributed by atoms with E-state index in [0.717, 1.165) is 18.8 Å². The van der Waals surface area contributed by atoms with E-state index in [9.17, 15) is 0 Å². The fourth-order valence-corrected chi connectivity index (χ4v) is 1.18. The highest BCUT2D eigenvalue weighted by molar-refractivity contribution is 5.46. The molecule has 0 unspecified atom stereocenters. The first kappa shape index (κ1) is 21.4. The number of rotatable bonds is 3. The Hall–Kier alpha value is -2.64. The van der Waals surface area contributed by atoms with Gasteiger partial charge in [-0.25, -0.2) is 0 Å². The molecule has 1 heteroatoms. The highest BCUT2D eigenvalue weighted by Crippen LogP contribution is 1.98. The van der Waals surface area contributed by atoms with Gasteiger partial charge in [-0.1, -0.05) is 111 Å². The molecule has 126 valence electrons. The lowest BCUT2D eigenvalue weighted by atomic mass is 10.2. The van der Waals surface area contributed by atoms with Gasteiger partial charge in [0.15, 0.2) is 0 Å². The van der Waals surface area contributed by atoms with E-state index in [2.05, 4.69) is 31.1 Å². The van der Waals surface area contributed by atoms with Crippen LogP contribution in [-0.2, 0) is 4.74 Å². The maximum atomic E-state index is 4.50. The molecule has 1 saturated heterocycles. The zero-order chi connectivity index (χ0) is 18.0. The second-order valence-electron chi connectivity index (χ2n) is 4.89. The van der Waals surface area contributed by atoms with Crippen molar-refractivity contribution in [3.63, 3.8) is 0 Å². The third-order valence-electron chi connectivity index (χ3n) is 2.62. The summed E-state index contributed by atoms with van der Waals surface area (Å²) in [6.45, 7) is 18.2. The molecular formula is C23H28O. The van der Waals surface area contributed by atoms with Crippen molar-refractivity contribution in [2.45, 2.75) is 6.92 Å². The lowest BCUT2D eigenvalue weighted by Gasteiger charge is -1.85. The van der Waals surface area contributed by atoms with Crippen LogP contribution in [0.3, 0.4) is 0 Å². The van der Waals surface area contributed by atoms with Gasteiger partial charge in [0, 0.05) is 0 Å². The summed E-state index contributed by atoms with van der Waals surface area (Å²) in [5, 5.41) is 0. The van der Waals surface area contributed by atoms with Crippen molar-refractivity contribution in [3.8, 4) is 0 Å². The van der Waals surface area contributed by atoms with Crippen molar-refractivity contribution in [1.29, 1.82) is 0 Å². The molecule has 0 N–H and O–H groups in total. The van der Waals surface area contributed by atoms with Gasteiger partial charge in [0.2, 0.25) is 0 Å². The molecule has 0 bridgehead atoms. The topological polar surface area (TPSA) is 12.5 Å². The zero-order valence-electron chi connectivity index (χ0n) is 14.7. The SMILES string of the molecule is C1CO1.C=CC(=C)C.C=Cc1ccccc1.C=Cc1ccccc1. The zero-order valence-corrected chi connectivity index (χ0v) is 14.7. The Morgan fingerprint density at radius 3 is 1.21 bits per heavy atom. The molecule has 1 heterocycles. The fourth-order valence-electron chi connectivity index (χ4n) is 1.18. The van der Waals surface area contributed by atoms with Gasteiger partial charge < -0.3 is 4.74 Å². The molecule has 24 heavy (non-hydrogen) atoms. The first-order valence-electron chi connectivity index (χ1n) is 7.84. The number of hydrogen-bond donors (Lipinski definition) is 0. The van der Waals surface area contributed by atoms with Gasteiger partial charge in [-0.05, 0) is 18.1 Å². The van der Waals surface area contributed by atoms with Crippen molar-refractivity contribution in [1.82, 2.24) is 0 Å². The Kier molecular flexibility index (Phi) is 13.6. The summed E-state index contributed by atoms with van der Waals surface area (Å²) >= 11 is 0. The average Bonchev–Trinajstić information content (AvgIpc) is 3.53. The Balaban J connectivity index is 0.000000311. The van der Waals surface area contributed by atoms with Gasteiger partial charge in [0.1, 0.15) is 0 Å². The summed E-state index contributed by atoms with van der Waals surface area (Å²) < 4.78 is 4.50. The van der Waals surface area contributed by atoms with E-state index < -0.39 is 0 Å². The van der Waals surface area contributed by atoms with Crippen molar-refractivity contribution >= 4 is 12.2 Å². The van der Waals surface area contributed by atoms with Crippen LogP contribution in [0.25, 0.3) is 12.2 Å². The minimum absolute atomic E-state index is 1.00. The van der Waals surface area contributed by atoms with Crippen molar-refractivity contribution in [2.24, 2.45) is 0 Å². The average molecular weight is 320 g/mol. The first-order valence-corrected chi connectivity index (χ1v) is 7.84. The number of ether oxygens (including phenoxy) is 1. The Morgan fingerprint density at radius 2 is 1.08 bits per heavy atom. The smallest absolute Gasteiger partial charge is 0.0701 e. The third kappa shape index (κ3) is 15.7. The first-order chi connectivity index (χ1) is 11.6. The summed E-state index contributed by atoms with van der Waals surface area (Å²) in [5.41, 5.74) is 3.37. The molecule has 1 aliphatic heterocycles. The monoisotopic (exact) mass is 320 g/mol. The second-order valence-corrected chi connectivity index (χ2v) is 4.89.